The van der Waals surface area contributed by atoms with Crippen molar-refractivity contribution in [3.8, 4) is 0 Å². The molecule has 2 atom stereocenters. The Morgan fingerprint density at radius 2 is 2.17 bits per heavy atom. The Morgan fingerprint density at radius 1 is 1.33 bits per heavy atom. The molecule has 1 saturated carbocycles. The average Bonchev–Trinajstić information content (AvgIpc) is 3.03. The van der Waals surface area contributed by atoms with Gasteiger partial charge in [0.1, 0.15) is 0 Å². The summed E-state index contributed by atoms with van der Waals surface area (Å²) in [6, 6.07) is 6.03. The largest absolute Gasteiger partial charge is 0.384 e. The molecule has 0 bridgehead atoms. The molecule has 0 aromatic heterocycles. The van der Waals surface area contributed by atoms with Gasteiger partial charge in [0.05, 0.1) is 16.7 Å². The first-order chi connectivity index (χ1) is 8.63. The van der Waals surface area contributed by atoms with Crippen LogP contribution in [0.4, 0.5) is 0 Å². The third-order valence-electron chi connectivity index (χ3n) is 4.63. The quantitative estimate of drug-likeness (QED) is 0.921. The van der Waals surface area contributed by atoms with E-state index >= 15 is 0 Å². The molecule has 3 rings (SSSR count). The van der Waals surface area contributed by atoms with Crippen LogP contribution in [0.1, 0.15) is 18.4 Å². The zero-order valence-electron chi connectivity index (χ0n) is 10.4. The van der Waals surface area contributed by atoms with Crippen LogP contribution in [0, 0.1) is 5.41 Å². The van der Waals surface area contributed by atoms with Gasteiger partial charge in [-0.1, -0.05) is 29.3 Å². The van der Waals surface area contributed by atoms with Gasteiger partial charge in [-0.05, 0) is 37.1 Å². The van der Waals surface area contributed by atoms with Crippen LogP contribution in [-0.2, 0) is 10.2 Å². The Bertz CT molecular complexity index is 475. The lowest BCUT2D eigenvalue weighted by Crippen LogP contribution is -2.40. The second kappa shape index (κ2) is 4.38. The van der Waals surface area contributed by atoms with E-state index in [4.69, 9.17) is 27.9 Å². The van der Waals surface area contributed by atoms with E-state index in [0.29, 0.717) is 15.5 Å². The number of hydrogen-bond acceptors (Lipinski definition) is 2. The fourth-order valence-corrected chi connectivity index (χ4v) is 3.88. The van der Waals surface area contributed by atoms with Crippen LogP contribution < -0.4 is 5.32 Å². The standard InChI is InChI=1S/C14H17Cl2NO/c1-18-9-13-4-5-17-8-14(13,7-13)10-2-3-11(15)12(16)6-10/h2-3,6,17H,4-5,7-9H2,1H3/t13-,14-/m0/s1. The predicted octanol–water partition coefficient (Wildman–Crippen LogP) is 3.26. The first-order valence-electron chi connectivity index (χ1n) is 6.29. The van der Waals surface area contributed by atoms with Crippen LogP contribution in [0.3, 0.4) is 0 Å². The number of nitrogens with one attached hydrogen (secondary N) is 1. The van der Waals surface area contributed by atoms with Gasteiger partial charge in [-0.3, -0.25) is 0 Å². The smallest absolute Gasteiger partial charge is 0.0595 e. The molecule has 98 valence electrons. The minimum Gasteiger partial charge on any atom is -0.384 e. The zero-order valence-corrected chi connectivity index (χ0v) is 11.9. The van der Waals surface area contributed by atoms with Crippen LogP contribution in [0.15, 0.2) is 18.2 Å². The second-order valence-corrected chi connectivity index (χ2v) is 6.34. The van der Waals surface area contributed by atoms with Gasteiger partial charge < -0.3 is 10.1 Å². The molecule has 4 heteroatoms. The maximum atomic E-state index is 6.15. The molecule has 2 aliphatic rings. The highest BCUT2D eigenvalue weighted by molar-refractivity contribution is 6.42. The molecular formula is C14H17Cl2NO. The van der Waals surface area contributed by atoms with Crippen molar-refractivity contribution in [2.24, 2.45) is 5.41 Å². The van der Waals surface area contributed by atoms with Gasteiger partial charge in [-0.25, -0.2) is 0 Å². The van der Waals surface area contributed by atoms with Crippen molar-refractivity contribution in [2.45, 2.75) is 18.3 Å². The number of halogens is 2. The number of benzene rings is 1. The summed E-state index contributed by atoms with van der Waals surface area (Å²) in [5, 5.41) is 4.77. The van der Waals surface area contributed by atoms with Crippen LogP contribution in [-0.4, -0.2) is 26.8 Å². The van der Waals surface area contributed by atoms with Gasteiger partial charge in [-0.2, -0.15) is 0 Å². The molecule has 1 aromatic carbocycles. The lowest BCUT2D eigenvalue weighted by atomic mass is 9.82. The molecule has 18 heavy (non-hydrogen) atoms. The first-order valence-corrected chi connectivity index (χ1v) is 7.04. The Kier molecular flexibility index (Phi) is 3.10. The Balaban J connectivity index is 1.97. The summed E-state index contributed by atoms with van der Waals surface area (Å²) in [6.45, 7) is 2.91. The third kappa shape index (κ3) is 1.70. The summed E-state index contributed by atoms with van der Waals surface area (Å²) >= 11 is 12.2. The average molecular weight is 286 g/mol. The highest BCUT2D eigenvalue weighted by Gasteiger charge is 2.68. The molecule has 0 amide bonds. The van der Waals surface area contributed by atoms with Crippen molar-refractivity contribution in [1.82, 2.24) is 5.32 Å². The van der Waals surface area contributed by atoms with E-state index in [0.717, 1.165) is 19.7 Å². The van der Waals surface area contributed by atoms with Crippen molar-refractivity contribution < 1.29 is 4.74 Å². The summed E-state index contributed by atoms with van der Waals surface area (Å²) in [4.78, 5) is 0. The van der Waals surface area contributed by atoms with E-state index < -0.39 is 0 Å². The van der Waals surface area contributed by atoms with Crippen LogP contribution in [0.25, 0.3) is 0 Å². The summed E-state index contributed by atoms with van der Waals surface area (Å²) in [5.41, 5.74) is 1.78. The molecule has 1 aliphatic carbocycles. The summed E-state index contributed by atoms with van der Waals surface area (Å²) in [7, 11) is 1.79. The number of fused-ring (bicyclic) bond motifs is 1. The second-order valence-electron chi connectivity index (χ2n) is 5.53. The van der Waals surface area contributed by atoms with Crippen molar-refractivity contribution in [2.75, 3.05) is 26.8 Å². The summed E-state index contributed by atoms with van der Waals surface area (Å²) in [5.74, 6) is 0. The molecular weight excluding hydrogens is 269 g/mol. The summed E-state index contributed by atoms with van der Waals surface area (Å²) < 4.78 is 5.44. The summed E-state index contributed by atoms with van der Waals surface area (Å²) in [6.07, 6.45) is 2.35. The minimum atomic E-state index is 0.190. The fraction of sp³-hybridized carbons (Fsp3) is 0.571. The number of rotatable bonds is 3. The molecule has 2 fully saturated rings. The van der Waals surface area contributed by atoms with E-state index in [1.807, 2.05) is 12.1 Å². The van der Waals surface area contributed by atoms with Crippen molar-refractivity contribution >= 4 is 23.2 Å². The van der Waals surface area contributed by atoms with Gasteiger partial charge in [0.2, 0.25) is 0 Å². The van der Waals surface area contributed by atoms with Crippen molar-refractivity contribution in [3.05, 3.63) is 33.8 Å². The molecule has 1 saturated heterocycles. The van der Waals surface area contributed by atoms with Gasteiger partial charge in [0, 0.05) is 24.5 Å². The molecule has 0 unspecified atom stereocenters. The Hall–Kier alpha value is -0.280. The molecule has 0 spiro atoms. The van der Waals surface area contributed by atoms with Crippen LogP contribution >= 0.6 is 23.2 Å². The monoisotopic (exact) mass is 285 g/mol. The molecule has 0 radical (unpaired) electrons. The van der Waals surface area contributed by atoms with Crippen molar-refractivity contribution in [1.29, 1.82) is 0 Å². The molecule has 1 N–H and O–H groups in total. The van der Waals surface area contributed by atoms with Gasteiger partial charge in [0.25, 0.3) is 0 Å². The number of piperidine rings is 1. The SMILES string of the molecule is COC[C@@]12CCNC[C@]1(c1ccc(Cl)c(Cl)c1)C2. The lowest BCUT2D eigenvalue weighted by molar-refractivity contribution is 0.112. The normalized spacial score (nSPS) is 34.2. The van der Waals surface area contributed by atoms with Gasteiger partial charge in [-0.15, -0.1) is 0 Å². The Labute approximate surface area is 118 Å². The Morgan fingerprint density at radius 3 is 2.89 bits per heavy atom. The van der Waals surface area contributed by atoms with Gasteiger partial charge >= 0.3 is 0 Å². The predicted molar refractivity (Wildman–Crippen MR) is 74.6 cm³/mol. The van der Waals surface area contributed by atoms with Crippen LogP contribution in [0.5, 0.6) is 0 Å². The number of hydrogen-bond donors (Lipinski definition) is 1. The van der Waals surface area contributed by atoms with E-state index in [9.17, 15) is 0 Å². The topological polar surface area (TPSA) is 21.3 Å². The van der Waals surface area contributed by atoms with E-state index in [1.54, 1.807) is 7.11 Å². The van der Waals surface area contributed by atoms with Crippen LogP contribution in [0.2, 0.25) is 10.0 Å². The zero-order chi connectivity index (χ0) is 12.8. The molecule has 1 heterocycles. The molecule has 1 aliphatic heterocycles. The van der Waals surface area contributed by atoms with Crippen molar-refractivity contribution in [3.63, 3.8) is 0 Å². The molecule has 1 aromatic rings. The lowest BCUT2D eigenvalue weighted by Gasteiger charge is -2.31. The first kappa shape index (κ1) is 12.7. The van der Waals surface area contributed by atoms with Gasteiger partial charge in [0.15, 0.2) is 0 Å². The number of methoxy groups -OCH3 is 1. The highest BCUT2D eigenvalue weighted by atomic mass is 35.5. The highest BCUT2D eigenvalue weighted by Crippen LogP contribution is 2.67. The van der Waals surface area contributed by atoms with E-state index in [1.165, 1.54) is 18.4 Å². The minimum absolute atomic E-state index is 0.190. The van der Waals surface area contributed by atoms with E-state index in [2.05, 4.69) is 11.4 Å². The maximum Gasteiger partial charge on any atom is 0.0595 e. The fourth-order valence-electron chi connectivity index (χ4n) is 3.58. The van der Waals surface area contributed by atoms with E-state index in [-0.39, 0.29) is 5.41 Å². The number of ether oxygens (including phenoxy) is 1. The molecule has 2 nitrogen and oxygen atoms in total. The maximum absolute atomic E-state index is 6.15. The third-order valence-corrected chi connectivity index (χ3v) is 5.37.